The predicted molar refractivity (Wildman–Crippen MR) is 133 cm³/mol. The highest BCUT2D eigenvalue weighted by atomic mass is 16.5. The Morgan fingerprint density at radius 1 is 1.11 bits per heavy atom. The van der Waals surface area contributed by atoms with E-state index in [1.807, 2.05) is 48.5 Å². The molecule has 2 aromatic carbocycles. The van der Waals surface area contributed by atoms with Crippen LogP contribution in [0.5, 0.6) is 5.75 Å². The number of carbonyl (C=O) groups excluding carboxylic acids is 2. The van der Waals surface area contributed by atoms with Gasteiger partial charge in [-0.3, -0.25) is 14.6 Å². The Hall–Kier alpha value is -3.93. The molecular weight excluding hydrogens is 440 g/mol. The van der Waals surface area contributed by atoms with Crippen molar-refractivity contribution in [2.45, 2.75) is 45.2 Å². The molecule has 5 rings (SSSR count). The molecule has 1 fully saturated rings. The summed E-state index contributed by atoms with van der Waals surface area (Å²) in [6, 6.07) is 18.1. The fourth-order valence-electron chi connectivity index (χ4n) is 4.78. The number of hydrogen-bond donors (Lipinski definition) is 1. The highest BCUT2D eigenvalue weighted by molar-refractivity contribution is 6.46. The van der Waals surface area contributed by atoms with Crippen LogP contribution < -0.4 is 4.74 Å². The number of likely N-dealkylation sites (tertiary alicyclic amines) is 1. The average Bonchev–Trinajstić information content (AvgIpc) is 3.13. The van der Waals surface area contributed by atoms with Gasteiger partial charge in [0.2, 0.25) is 0 Å². The van der Waals surface area contributed by atoms with Gasteiger partial charge in [0.1, 0.15) is 11.5 Å². The summed E-state index contributed by atoms with van der Waals surface area (Å²) in [5, 5.41) is 11.4. The summed E-state index contributed by atoms with van der Waals surface area (Å²) >= 11 is 0. The first kappa shape index (κ1) is 22.8. The van der Waals surface area contributed by atoms with Crippen molar-refractivity contribution in [2.75, 3.05) is 6.61 Å². The van der Waals surface area contributed by atoms with Crippen molar-refractivity contribution >= 4 is 17.4 Å². The Balaban J connectivity index is 1.62. The van der Waals surface area contributed by atoms with E-state index in [4.69, 9.17) is 4.74 Å². The van der Waals surface area contributed by atoms with Crippen LogP contribution in [0.1, 0.15) is 60.2 Å². The van der Waals surface area contributed by atoms with Gasteiger partial charge in [-0.15, -0.1) is 0 Å². The van der Waals surface area contributed by atoms with E-state index in [0.717, 1.165) is 35.3 Å². The number of aliphatic hydroxyl groups is 1. The molecule has 6 nitrogen and oxygen atoms in total. The van der Waals surface area contributed by atoms with Crippen LogP contribution in [0.15, 0.2) is 72.4 Å². The number of fused-ring (bicyclic) bond motifs is 1. The van der Waals surface area contributed by atoms with Crippen molar-refractivity contribution in [3.63, 3.8) is 0 Å². The zero-order chi connectivity index (χ0) is 24.5. The second kappa shape index (κ2) is 9.37. The summed E-state index contributed by atoms with van der Waals surface area (Å²) in [5.41, 5.74) is 4.19. The van der Waals surface area contributed by atoms with E-state index in [2.05, 4.69) is 18.8 Å². The number of aryl methyl sites for hydroxylation is 1. The van der Waals surface area contributed by atoms with Gasteiger partial charge >= 0.3 is 0 Å². The van der Waals surface area contributed by atoms with E-state index < -0.39 is 17.7 Å². The third kappa shape index (κ3) is 4.32. The summed E-state index contributed by atoms with van der Waals surface area (Å²) in [4.78, 5) is 32.4. The molecule has 0 aliphatic carbocycles. The number of ketones is 1. The van der Waals surface area contributed by atoms with Crippen LogP contribution in [0.4, 0.5) is 0 Å². The van der Waals surface area contributed by atoms with E-state index in [-0.39, 0.29) is 17.9 Å². The molecule has 0 radical (unpaired) electrons. The molecule has 3 heterocycles. The first-order valence-electron chi connectivity index (χ1n) is 12.0. The molecule has 1 atom stereocenters. The number of rotatable bonds is 5. The van der Waals surface area contributed by atoms with E-state index in [1.54, 1.807) is 18.3 Å². The van der Waals surface area contributed by atoms with Crippen molar-refractivity contribution in [3.05, 3.63) is 100 Å². The summed E-state index contributed by atoms with van der Waals surface area (Å²) in [6.45, 7) is 5.06. The van der Waals surface area contributed by atoms with Gasteiger partial charge in [-0.05, 0) is 65.8 Å². The standard InChI is InChI=1S/C29H28N2O4/c1-18(2)19-8-10-20(11-9-19)26-25(27(32)22-12-13-24-21(16-22)6-5-15-35-24)28(33)29(34)31(26)17-23-7-3-4-14-30-23/h3-4,7-14,16,18,26,32H,5-6,15,17H2,1-2H3/b27-25-. The number of aromatic nitrogens is 1. The number of Topliss-reactive ketones (excluding diaryl/α,β-unsaturated/α-hetero) is 1. The molecule has 0 bridgehead atoms. The molecule has 2 aliphatic rings. The Bertz CT molecular complexity index is 1300. The normalized spacial score (nSPS) is 19.1. The predicted octanol–water partition coefficient (Wildman–Crippen LogP) is 5.15. The van der Waals surface area contributed by atoms with E-state index >= 15 is 0 Å². The average molecular weight is 469 g/mol. The lowest BCUT2D eigenvalue weighted by molar-refractivity contribution is -0.140. The second-order valence-corrected chi connectivity index (χ2v) is 9.34. The highest BCUT2D eigenvalue weighted by Crippen LogP contribution is 2.41. The Kier molecular flexibility index (Phi) is 6.12. The number of nitrogens with zero attached hydrogens (tertiary/aromatic N) is 2. The maximum absolute atomic E-state index is 13.3. The van der Waals surface area contributed by atoms with Gasteiger partial charge in [0.25, 0.3) is 11.7 Å². The summed E-state index contributed by atoms with van der Waals surface area (Å²) in [7, 11) is 0. The quantitative estimate of drug-likeness (QED) is 0.318. The number of ether oxygens (including phenoxy) is 1. The summed E-state index contributed by atoms with van der Waals surface area (Å²) in [5.74, 6) is -0.356. The third-order valence-corrected chi connectivity index (χ3v) is 6.70. The van der Waals surface area contributed by atoms with Gasteiger partial charge in [-0.1, -0.05) is 44.2 Å². The van der Waals surface area contributed by atoms with Crippen LogP contribution in [0, 0.1) is 0 Å². The third-order valence-electron chi connectivity index (χ3n) is 6.70. The number of amides is 1. The fraction of sp³-hybridized carbons (Fsp3) is 0.276. The number of hydrogen-bond acceptors (Lipinski definition) is 5. The smallest absolute Gasteiger partial charge is 0.296 e. The largest absolute Gasteiger partial charge is 0.507 e. The minimum absolute atomic E-state index is 0.0971. The maximum Gasteiger partial charge on any atom is 0.296 e. The molecule has 2 aliphatic heterocycles. The summed E-state index contributed by atoms with van der Waals surface area (Å²) < 4.78 is 5.69. The van der Waals surface area contributed by atoms with Gasteiger partial charge < -0.3 is 14.7 Å². The lowest BCUT2D eigenvalue weighted by Crippen LogP contribution is -2.29. The Morgan fingerprint density at radius 2 is 1.91 bits per heavy atom. The van der Waals surface area contributed by atoms with Crippen molar-refractivity contribution in [1.82, 2.24) is 9.88 Å². The SMILES string of the molecule is CC(C)c1ccc(C2/C(=C(/O)c3ccc4c(c3)CCCO4)C(=O)C(=O)N2Cc2ccccn2)cc1. The first-order valence-corrected chi connectivity index (χ1v) is 12.0. The molecule has 6 heteroatoms. The van der Waals surface area contributed by atoms with Gasteiger partial charge in [0.15, 0.2) is 0 Å². The van der Waals surface area contributed by atoms with Gasteiger partial charge in [0, 0.05) is 11.8 Å². The molecule has 178 valence electrons. The van der Waals surface area contributed by atoms with Crippen molar-refractivity contribution in [3.8, 4) is 5.75 Å². The number of aliphatic hydroxyl groups excluding tert-OH is 1. The monoisotopic (exact) mass is 468 g/mol. The minimum Gasteiger partial charge on any atom is -0.507 e. The van der Waals surface area contributed by atoms with Crippen LogP contribution >= 0.6 is 0 Å². The van der Waals surface area contributed by atoms with Crippen LogP contribution in [0.3, 0.4) is 0 Å². The molecule has 1 aromatic heterocycles. The molecule has 1 N–H and O–H groups in total. The van der Waals surface area contributed by atoms with Crippen LogP contribution in [-0.2, 0) is 22.6 Å². The number of benzene rings is 2. The van der Waals surface area contributed by atoms with E-state index in [1.165, 1.54) is 4.90 Å². The molecule has 35 heavy (non-hydrogen) atoms. The van der Waals surface area contributed by atoms with Crippen molar-refractivity contribution in [1.29, 1.82) is 0 Å². The van der Waals surface area contributed by atoms with E-state index in [0.29, 0.717) is 23.8 Å². The lowest BCUT2D eigenvalue weighted by atomic mass is 9.92. The first-order chi connectivity index (χ1) is 16.9. The maximum atomic E-state index is 13.3. The molecule has 3 aromatic rings. The van der Waals surface area contributed by atoms with Gasteiger partial charge in [-0.2, -0.15) is 0 Å². The van der Waals surface area contributed by atoms with Gasteiger partial charge in [0.05, 0.1) is 30.5 Å². The zero-order valence-corrected chi connectivity index (χ0v) is 19.9. The topological polar surface area (TPSA) is 79.7 Å². The Morgan fingerprint density at radius 3 is 2.63 bits per heavy atom. The number of pyridine rings is 1. The van der Waals surface area contributed by atoms with Crippen molar-refractivity contribution < 1.29 is 19.4 Å². The van der Waals surface area contributed by atoms with Crippen LogP contribution in [0.2, 0.25) is 0 Å². The van der Waals surface area contributed by atoms with E-state index in [9.17, 15) is 14.7 Å². The van der Waals surface area contributed by atoms with Crippen LogP contribution in [0.25, 0.3) is 5.76 Å². The van der Waals surface area contributed by atoms with Crippen LogP contribution in [-0.4, -0.2) is 33.3 Å². The Labute approximate surface area is 204 Å². The molecule has 1 unspecified atom stereocenters. The minimum atomic E-state index is -0.717. The number of carbonyl (C=O) groups is 2. The molecule has 0 saturated carbocycles. The molecule has 1 saturated heterocycles. The molecule has 1 amide bonds. The fourth-order valence-corrected chi connectivity index (χ4v) is 4.78. The highest BCUT2D eigenvalue weighted by Gasteiger charge is 2.46. The second-order valence-electron chi connectivity index (χ2n) is 9.34. The summed E-state index contributed by atoms with van der Waals surface area (Å²) in [6.07, 6.45) is 3.39. The zero-order valence-electron chi connectivity index (χ0n) is 19.9. The van der Waals surface area contributed by atoms with Crippen molar-refractivity contribution in [2.24, 2.45) is 0 Å². The molecular formula is C29H28N2O4. The lowest BCUT2D eigenvalue weighted by Gasteiger charge is -2.25. The van der Waals surface area contributed by atoms with Gasteiger partial charge in [-0.25, -0.2) is 0 Å². The molecule has 0 spiro atoms.